The average Bonchev–Trinajstić information content (AvgIpc) is 3.71. The molecule has 0 atom stereocenters. The van der Waals surface area contributed by atoms with Gasteiger partial charge in [-0.2, -0.15) is 0 Å². The van der Waals surface area contributed by atoms with Gasteiger partial charge in [-0.25, -0.2) is 24.2 Å². The minimum absolute atomic E-state index is 0.112. The van der Waals surface area contributed by atoms with Crippen LogP contribution in [-0.2, 0) is 9.63 Å². The topological polar surface area (TPSA) is 105 Å². The Morgan fingerprint density at radius 1 is 1.17 bits per heavy atom. The fraction of sp³-hybridized carbons (Fsp3) is 0.231. The number of benzene rings is 2. The van der Waals surface area contributed by atoms with Crippen molar-refractivity contribution in [3.05, 3.63) is 83.7 Å². The molecule has 36 heavy (non-hydrogen) atoms. The first kappa shape index (κ1) is 24.9. The number of carbonyl (C=O) groups is 2. The van der Waals surface area contributed by atoms with Crippen molar-refractivity contribution in [2.75, 3.05) is 23.9 Å². The zero-order valence-electron chi connectivity index (χ0n) is 19.6. The summed E-state index contributed by atoms with van der Waals surface area (Å²) in [4.78, 5) is 37.4. The molecular weight excluding hydrogens is 468 g/mol. The number of anilines is 2. The maximum Gasteiger partial charge on any atom is 0.258 e. The Balaban J connectivity index is 1.47. The summed E-state index contributed by atoms with van der Waals surface area (Å²) >= 11 is 0. The Hall–Kier alpha value is -4.18. The first-order valence-corrected chi connectivity index (χ1v) is 11.4. The van der Waals surface area contributed by atoms with Gasteiger partial charge in [0.25, 0.3) is 5.91 Å². The highest BCUT2D eigenvalue weighted by atomic mass is 19.1. The third kappa shape index (κ3) is 6.08. The van der Waals surface area contributed by atoms with E-state index >= 15 is 0 Å². The smallest absolute Gasteiger partial charge is 0.258 e. The molecular formula is C26H25F2N5O3. The molecule has 1 aliphatic carbocycles. The lowest BCUT2D eigenvalue weighted by Crippen LogP contribution is -2.26. The third-order valence-electron chi connectivity index (χ3n) is 5.72. The molecule has 8 nitrogen and oxygen atoms in total. The van der Waals surface area contributed by atoms with Crippen molar-refractivity contribution in [3.63, 3.8) is 0 Å². The second kappa shape index (κ2) is 11.0. The van der Waals surface area contributed by atoms with E-state index in [0.717, 1.165) is 24.5 Å². The van der Waals surface area contributed by atoms with E-state index in [2.05, 4.69) is 32.7 Å². The second-order valence-corrected chi connectivity index (χ2v) is 8.33. The van der Waals surface area contributed by atoms with Gasteiger partial charge in [-0.15, -0.1) is 0 Å². The lowest BCUT2D eigenvalue weighted by atomic mass is 10.0. The van der Waals surface area contributed by atoms with Crippen LogP contribution >= 0.6 is 0 Å². The summed E-state index contributed by atoms with van der Waals surface area (Å²) in [5.74, 6) is -1.52. The summed E-state index contributed by atoms with van der Waals surface area (Å²) in [5.41, 5.74) is 4.94. The molecule has 186 valence electrons. The van der Waals surface area contributed by atoms with Crippen LogP contribution in [0.15, 0.2) is 55.4 Å². The maximum absolute atomic E-state index is 14.6. The van der Waals surface area contributed by atoms with Crippen LogP contribution in [0.3, 0.4) is 0 Å². The monoisotopic (exact) mass is 493 g/mol. The molecule has 2 aromatic carbocycles. The average molecular weight is 494 g/mol. The van der Waals surface area contributed by atoms with Crippen LogP contribution in [0.4, 0.5) is 20.3 Å². The molecule has 0 saturated heterocycles. The van der Waals surface area contributed by atoms with Gasteiger partial charge in [0.05, 0.1) is 17.9 Å². The van der Waals surface area contributed by atoms with Crippen LogP contribution in [0, 0.1) is 18.6 Å². The Kier molecular flexibility index (Phi) is 7.65. The Morgan fingerprint density at radius 2 is 1.97 bits per heavy atom. The van der Waals surface area contributed by atoms with E-state index in [9.17, 15) is 18.4 Å². The lowest BCUT2D eigenvalue weighted by molar-refractivity contribution is -0.116. The minimum atomic E-state index is -0.670. The molecule has 0 unspecified atom stereocenters. The second-order valence-electron chi connectivity index (χ2n) is 8.33. The maximum atomic E-state index is 14.6. The molecule has 2 amide bonds. The number of halogens is 2. The Morgan fingerprint density at radius 3 is 2.69 bits per heavy atom. The highest BCUT2D eigenvalue weighted by Gasteiger charge is 2.25. The Bertz CT molecular complexity index is 1310. The standard InChI is InChI=1S/C26H25F2N5O3/c1-3-25(34)29-8-9-36-33-24-13-23(30-14-31-24)20-11-18(27)12-22(15(20)2)32-26(35)19-7-6-17(10-21(19)28)16-4-5-16/h3,6-7,10-14,16H,1,4-5,8-9H2,2H3,(H,29,34)(H,32,35)(H,30,31,33). The van der Waals surface area contributed by atoms with Gasteiger partial charge in [0, 0.05) is 23.9 Å². The van der Waals surface area contributed by atoms with Gasteiger partial charge < -0.3 is 10.6 Å². The summed E-state index contributed by atoms with van der Waals surface area (Å²) in [7, 11) is 0. The van der Waals surface area contributed by atoms with Gasteiger partial charge in [-0.1, -0.05) is 12.6 Å². The van der Waals surface area contributed by atoms with E-state index in [0.29, 0.717) is 28.6 Å². The van der Waals surface area contributed by atoms with Crippen LogP contribution in [0.25, 0.3) is 11.3 Å². The zero-order valence-corrected chi connectivity index (χ0v) is 19.6. The molecule has 0 bridgehead atoms. The van der Waals surface area contributed by atoms with Crippen molar-refractivity contribution >= 4 is 23.3 Å². The minimum Gasteiger partial charge on any atom is -0.350 e. The van der Waals surface area contributed by atoms with Crippen molar-refractivity contribution in [3.8, 4) is 11.3 Å². The molecule has 1 heterocycles. The van der Waals surface area contributed by atoms with E-state index in [1.807, 2.05) is 0 Å². The van der Waals surface area contributed by atoms with E-state index in [-0.39, 0.29) is 30.3 Å². The highest BCUT2D eigenvalue weighted by Crippen LogP contribution is 2.40. The van der Waals surface area contributed by atoms with Crippen molar-refractivity contribution in [2.24, 2.45) is 0 Å². The van der Waals surface area contributed by atoms with Gasteiger partial charge >= 0.3 is 0 Å². The quantitative estimate of drug-likeness (QED) is 0.218. The van der Waals surface area contributed by atoms with Gasteiger partial charge in [-0.05, 0) is 67.2 Å². The first-order chi connectivity index (χ1) is 17.4. The van der Waals surface area contributed by atoms with Crippen LogP contribution in [0.5, 0.6) is 0 Å². The highest BCUT2D eigenvalue weighted by molar-refractivity contribution is 6.05. The lowest BCUT2D eigenvalue weighted by Gasteiger charge is -2.14. The number of rotatable bonds is 10. The molecule has 1 aliphatic rings. The van der Waals surface area contributed by atoms with Crippen LogP contribution < -0.4 is 16.1 Å². The van der Waals surface area contributed by atoms with Crippen molar-refractivity contribution in [2.45, 2.75) is 25.7 Å². The summed E-state index contributed by atoms with van der Waals surface area (Å²) in [6, 6.07) is 8.61. The number of carbonyl (C=O) groups excluding carboxylic acids is 2. The summed E-state index contributed by atoms with van der Waals surface area (Å²) in [6.07, 6.45) is 4.48. The number of hydrogen-bond donors (Lipinski definition) is 3. The Labute approximate surface area is 206 Å². The van der Waals surface area contributed by atoms with Crippen molar-refractivity contribution in [1.29, 1.82) is 0 Å². The first-order valence-electron chi connectivity index (χ1n) is 11.4. The van der Waals surface area contributed by atoms with Gasteiger partial charge in [-0.3, -0.25) is 14.4 Å². The summed E-state index contributed by atoms with van der Waals surface area (Å²) in [6.45, 7) is 5.47. The predicted octanol–water partition coefficient (Wildman–Crippen LogP) is 4.51. The van der Waals surface area contributed by atoms with Gasteiger partial charge in [0.2, 0.25) is 5.91 Å². The van der Waals surface area contributed by atoms with Crippen LogP contribution in [0.2, 0.25) is 0 Å². The normalized spacial score (nSPS) is 12.6. The summed E-state index contributed by atoms with van der Waals surface area (Å²) in [5, 5.41) is 5.18. The van der Waals surface area contributed by atoms with E-state index < -0.39 is 17.5 Å². The summed E-state index contributed by atoms with van der Waals surface area (Å²) < 4.78 is 29.1. The molecule has 0 spiro atoms. The number of amides is 2. The van der Waals surface area contributed by atoms with Crippen LogP contribution in [-0.4, -0.2) is 34.9 Å². The fourth-order valence-corrected chi connectivity index (χ4v) is 3.63. The zero-order chi connectivity index (χ0) is 25.7. The molecule has 1 saturated carbocycles. The van der Waals surface area contributed by atoms with Crippen LogP contribution in [0.1, 0.15) is 40.2 Å². The number of aromatic nitrogens is 2. The molecule has 1 aromatic heterocycles. The molecule has 3 aromatic rings. The van der Waals surface area contributed by atoms with Crippen molar-refractivity contribution in [1.82, 2.24) is 15.3 Å². The molecule has 3 N–H and O–H groups in total. The van der Waals surface area contributed by atoms with E-state index in [1.54, 1.807) is 19.1 Å². The third-order valence-corrected chi connectivity index (χ3v) is 5.72. The molecule has 0 radical (unpaired) electrons. The predicted molar refractivity (Wildman–Crippen MR) is 131 cm³/mol. The molecule has 10 heteroatoms. The number of hydrogen-bond acceptors (Lipinski definition) is 6. The number of nitrogens with zero attached hydrogens (tertiary/aromatic N) is 2. The largest absolute Gasteiger partial charge is 0.350 e. The van der Waals surface area contributed by atoms with Gasteiger partial charge in [0.1, 0.15) is 18.0 Å². The SMILES string of the molecule is C=CC(=O)NCCONc1cc(-c2cc(F)cc(NC(=O)c3ccc(C4CC4)cc3F)c2C)ncn1. The fourth-order valence-electron chi connectivity index (χ4n) is 3.63. The molecule has 0 aliphatic heterocycles. The van der Waals surface area contributed by atoms with E-state index in [4.69, 9.17) is 4.84 Å². The molecule has 4 rings (SSSR count). The van der Waals surface area contributed by atoms with E-state index in [1.165, 1.54) is 30.6 Å². The van der Waals surface area contributed by atoms with Gasteiger partial charge in [0.15, 0.2) is 5.82 Å². The molecule has 1 fully saturated rings. The van der Waals surface area contributed by atoms with Crippen molar-refractivity contribution < 1.29 is 23.2 Å². The number of nitrogens with one attached hydrogen (secondary N) is 3.